The highest BCUT2D eigenvalue weighted by Gasteiger charge is 2.09. The topological polar surface area (TPSA) is 0 Å². The first-order valence-electron chi connectivity index (χ1n) is 8.51. The number of rotatable bonds is 13. The zero-order valence-corrected chi connectivity index (χ0v) is 16.2. The summed E-state index contributed by atoms with van der Waals surface area (Å²) >= 11 is 0. The van der Waals surface area contributed by atoms with Gasteiger partial charge in [-0.25, -0.2) is 0 Å². The molecule has 3 heteroatoms. The molecule has 0 atom stereocenters. The van der Waals surface area contributed by atoms with Crippen molar-refractivity contribution in [2.45, 2.75) is 70.1 Å². The van der Waals surface area contributed by atoms with Gasteiger partial charge >= 0.3 is 0 Å². The number of hydrogen-bond acceptors (Lipinski definition) is 2. The van der Waals surface area contributed by atoms with Crippen LogP contribution in [0.15, 0.2) is 35.2 Å². The lowest BCUT2D eigenvalue weighted by atomic mass is 10.2. The summed E-state index contributed by atoms with van der Waals surface area (Å²) in [5.41, 5.74) is 0. The van der Waals surface area contributed by atoms with E-state index in [1.165, 1.54) is 68.6 Å². The summed E-state index contributed by atoms with van der Waals surface area (Å²) in [6, 6.07) is 10.9. The standard InChI is InChI=1S/C18H31PS2/c1-3-5-7-12-16-19(17-13-8-6-4-2)21-20-18-14-10-9-11-15-18/h9-11,14-15H,3-8,12-13,16-17H2,1-2H3. The lowest BCUT2D eigenvalue weighted by molar-refractivity contribution is 0.697. The summed E-state index contributed by atoms with van der Waals surface area (Å²) in [4.78, 5) is 1.41. The minimum absolute atomic E-state index is 0.162. The quantitative estimate of drug-likeness (QED) is 0.202. The molecule has 0 nitrogen and oxygen atoms in total. The van der Waals surface area contributed by atoms with Gasteiger partial charge in [0.1, 0.15) is 0 Å². The zero-order valence-electron chi connectivity index (χ0n) is 13.7. The Morgan fingerprint density at radius 2 is 1.33 bits per heavy atom. The Labute approximate surface area is 141 Å². The fraction of sp³-hybridized carbons (Fsp3) is 0.667. The van der Waals surface area contributed by atoms with Crippen molar-refractivity contribution in [1.29, 1.82) is 0 Å². The van der Waals surface area contributed by atoms with Crippen LogP contribution in [0.3, 0.4) is 0 Å². The highest BCUT2D eigenvalue weighted by atomic mass is 33.3. The molecule has 0 heterocycles. The Morgan fingerprint density at radius 3 is 1.86 bits per heavy atom. The summed E-state index contributed by atoms with van der Waals surface area (Å²) in [6.45, 7) is 4.60. The molecule has 0 radical (unpaired) electrons. The van der Waals surface area contributed by atoms with Crippen LogP contribution in [-0.4, -0.2) is 12.3 Å². The van der Waals surface area contributed by atoms with Crippen molar-refractivity contribution in [3.63, 3.8) is 0 Å². The van der Waals surface area contributed by atoms with E-state index in [4.69, 9.17) is 0 Å². The van der Waals surface area contributed by atoms with E-state index >= 15 is 0 Å². The summed E-state index contributed by atoms with van der Waals surface area (Å²) in [6.07, 6.45) is 14.2. The highest BCUT2D eigenvalue weighted by molar-refractivity contribution is 8.98. The van der Waals surface area contributed by atoms with Gasteiger partial charge in [0.15, 0.2) is 0 Å². The lowest BCUT2D eigenvalue weighted by Crippen LogP contribution is -1.89. The molecular weight excluding hydrogens is 311 g/mol. The van der Waals surface area contributed by atoms with Crippen LogP contribution >= 0.6 is 28.3 Å². The molecule has 0 bridgehead atoms. The Bertz CT molecular complexity index is 317. The van der Waals surface area contributed by atoms with E-state index in [2.05, 4.69) is 54.6 Å². The van der Waals surface area contributed by atoms with E-state index in [0.717, 1.165) is 0 Å². The molecule has 1 aromatic carbocycles. The van der Waals surface area contributed by atoms with E-state index in [1.807, 2.05) is 10.8 Å². The molecule has 0 aliphatic heterocycles. The minimum Gasteiger partial charge on any atom is -0.0654 e. The second kappa shape index (κ2) is 14.0. The normalized spacial score (nSPS) is 11.2. The van der Waals surface area contributed by atoms with Gasteiger partial charge in [0.2, 0.25) is 0 Å². The minimum atomic E-state index is 0.162. The molecule has 1 aromatic rings. The first-order chi connectivity index (χ1) is 10.4. The number of benzene rings is 1. The van der Waals surface area contributed by atoms with Gasteiger partial charge in [-0.15, -0.1) is 0 Å². The first kappa shape index (κ1) is 19.4. The SMILES string of the molecule is CCCCCCP(CCCCCC)SSc1ccccc1. The van der Waals surface area contributed by atoms with Crippen LogP contribution in [0.25, 0.3) is 0 Å². The van der Waals surface area contributed by atoms with Gasteiger partial charge in [-0.3, -0.25) is 0 Å². The van der Waals surface area contributed by atoms with Gasteiger partial charge in [0, 0.05) is 4.90 Å². The van der Waals surface area contributed by atoms with Crippen LogP contribution in [0, 0.1) is 0 Å². The van der Waals surface area contributed by atoms with Crippen LogP contribution in [0.1, 0.15) is 65.2 Å². The van der Waals surface area contributed by atoms with Crippen molar-refractivity contribution < 1.29 is 0 Å². The average molecular weight is 343 g/mol. The summed E-state index contributed by atoms with van der Waals surface area (Å²) in [5, 5.41) is 0. The Morgan fingerprint density at radius 1 is 0.762 bits per heavy atom. The fourth-order valence-corrected chi connectivity index (χ4v) is 9.37. The van der Waals surface area contributed by atoms with E-state index < -0.39 is 0 Å². The van der Waals surface area contributed by atoms with Crippen LogP contribution < -0.4 is 0 Å². The summed E-state index contributed by atoms with van der Waals surface area (Å²) < 4.78 is 0. The van der Waals surface area contributed by atoms with Crippen molar-refractivity contribution in [1.82, 2.24) is 0 Å². The molecule has 120 valence electrons. The van der Waals surface area contributed by atoms with Crippen molar-refractivity contribution in [3.8, 4) is 0 Å². The second-order valence-corrected chi connectivity index (χ2v) is 12.0. The maximum Gasteiger partial charge on any atom is 0.0186 e. The first-order valence-corrected chi connectivity index (χ1v) is 13.0. The van der Waals surface area contributed by atoms with Crippen LogP contribution in [0.5, 0.6) is 0 Å². The number of unbranched alkanes of at least 4 members (excludes halogenated alkanes) is 6. The largest absolute Gasteiger partial charge is 0.0654 e. The molecule has 0 unspecified atom stereocenters. The van der Waals surface area contributed by atoms with Gasteiger partial charge in [-0.1, -0.05) is 91.8 Å². The van der Waals surface area contributed by atoms with Gasteiger partial charge < -0.3 is 0 Å². The predicted octanol–water partition coefficient (Wildman–Crippen LogP) is 7.98. The van der Waals surface area contributed by atoms with Crippen LogP contribution in [0.2, 0.25) is 0 Å². The van der Waals surface area contributed by atoms with Crippen molar-refractivity contribution >= 4 is 28.3 Å². The third kappa shape index (κ3) is 10.7. The summed E-state index contributed by atoms with van der Waals surface area (Å²) in [5.74, 6) is 0. The Hall–Kier alpha value is 0.350. The second-order valence-electron chi connectivity index (χ2n) is 5.52. The molecular formula is C18H31PS2. The van der Waals surface area contributed by atoms with Crippen molar-refractivity contribution in [2.24, 2.45) is 0 Å². The third-order valence-electron chi connectivity index (χ3n) is 3.50. The highest BCUT2D eigenvalue weighted by Crippen LogP contribution is 2.59. The van der Waals surface area contributed by atoms with Crippen LogP contribution in [-0.2, 0) is 0 Å². The Kier molecular flexibility index (Phi) is 12.9. The van der Waals surface area contributed by atoms with Gasteiger partial charge in [-0.2, -0.15) is 0 Å². The van der Waals surface area contributed by atoms with Gasteiger partial charge in [-0.05, 0) is 44.4 Å². The molecule has 0 spiro atoms. The smallest absolute Gasteiger partial charge is 0.0186 e. The van der Waals surface area contributed by atoms with Crippen molar-refractivity contribution in [2.75, 3.05) is 12.3 Å². The zero-order chi connectivity index (χ0) is 15.2. The third-order valence-corrected chi connectivity index (χ3v) is 11.0. The molecule has 1 rings (SSSR count). The molecule has 21 heavy (non-hydrogen) atoms. The molecule has 0 aliphatic carbocycles. The Balaban J connectivity index is 2.28. The molecule has 0 aliphatic rings. The molecule has 0 amide bonds. The molecule has 0 saturated carbocycles. The van der Waals surface area contributed by atoms with Gasteiger partial charge in [0.05, 0.1) is 0 Å². The van der Waals surface area contributed by atoms with Crippen LogP contribution in [0.4, 0.5) is 0 Å². The monoisotopic (exact) mass is 342 g/mol. The van der Waals surface area contributed by atoms with Gasteiger partial charge in [0.25, 0.3) is 0 Å². The van der Waals surface area contributed by atoms with Crippen molar-refractivity contribution in [3.05, 3.63) is 30.3 Å². The molecule has 0 aromatic heterocycles. The predicted molar refractivity (Wildman–Crippen MR) is 105 cm³/mol. The molecule has 0 saturated heterocycles. The fourth-order valence-electron chi connectivity index (χ4n) is 2.19. The van der Waals surface area contributed by atoms with E-state index in [9.17, 15) is 0 Å². The maximum absolute atomic E-state index is 2.30. The maximum atomic E-state index is 2.30. The molecule has 0 fully saturated rings. The summed E-state index contributed by atoms with van der Waals surface area (Å²) in [7, 11) is 4.34. The number of hydrogen-bond donors (Lipinski definition) is 0. The van der Waals surface area contributed by atoms with E-state index in [1.54, 1.807) is 0 Å². The van der Waals surface area contributed by atoms with E-state index in [0.29, 0.717) is 0 Å². The van der Waals surface area contributed by atoms with E-state index in [-0.39, 0.29) is 7.12 Å². The molecule has 0 N–H and O–H groups in total. The average Bonchev–Trinajstić information content (AvgIpc) is 2.53. The lowest BCUT2D eigenvalue weighted by Gasteiger charge is -2.16.